The van der Waals surface area contributed by atoms with Gasteiger partial charge < -0.3 is 4.90 Å². The molecule has 1 unspecified atom stereocenters. The Balaban J connectivity index is 1.81. The SMILES string of the molecule is CCN(C)Cc1nc2cc(F)ccc2cc1C(C)N1C(=O)c2ccccc2C1=O. The molecule has 5 nitrogen and oxygen atoms in total. The predicted molar refractivity (Wildman–Crippen MR) is 109 cm³/mol. The molecular formula is C23H22FN3O2. The summed E-state index contributed by atoms with van der Waals surface area (Å²) in [5.41, 5.74) is 2.93. The second-order valence-corrected chi connectivity index (χ2v) is 7.39. The van der Waals surface area contributed by atoms with E-state index in [0.29, 0.717) is 23.2 Å². The van der Waals surface area contributed by atoms with Crippen LogP contribution in [0.5, 0.6) is 0 Å². The molecule has 0 spiro atoms. The molecule has 0 saturated heterocycles. The number of pyridine rings is 1. The first-order chi connectivity index (χ1) is 13.9. The Morgan fingerprint density at radius 3 is 2.34 bits per heavy atom. The van der Waals surface area contributed by atoms with Crippen molar-refractivity contribution in [3.8, 4) is 0 Å². The van der Waals surface area contributed by atoms with Crippen LogP contribution in [-0.2, 0) is 6.54 Å². The Morgan fingerprint density at radius 2 is 1.72 bits per heavy atom. The van der Waals surface area contributed by atoms with Crippen molar-refractivity contribution in [2.24, 2.45) is 0 Å². The standard InChI is InChI=1S/C23H22FN3O2/c1-4-26(3)13-21-19(11-15-9-10-16(24)12-20(15)25-21)14(2)27-22(28)17-7-5-6-8-18(17)23(27)29/h5-12,14H,4,13H2,1-3H3. The van der Waals surface area contributed by atoms with Crippen LogP contribution in [-0.4, -0.2) is 40.2 Å². The van der Waals surface area contributed by atoms with Crippen LogP contribution in [0.25, 0.3) is 10.9 Å². The van der Waals surface area contributed by atoms with Gasteiger partial charge in [-0.2, -0.15) is 0 Å². The number of benzene rings is 2. The molecule has 4 rings (SSSR count). The van der Waals surface area contributed by atoms with E-state index in [1.165, 1.54) is 17.0 Å². The lowest BCUT2D eigenvalue weighted by Gasteiger charge is -2.26. The molecule has 2 amide bonds. The molecule has 1 atom stereocenters. The van der Waals surface area contributed by atoms with Gasteiger partial charge in [0.05, 0.1) is 28.4 Å². The van der Waals surface area contributed by atoms with Gasteiger partial charge in [0.1, 0.15) is 5.82 Å². The maximum absolute atomic E-state index is 13.7. The van der Waals surface area contributed by atoms with Crippen molar-refractivity contribution < 1.29 is 14.0 Å². The highest BCUT2D eigenvalue weighted by atomic mass is 19.1. The van der Waals surface area contributed by atoms with Crippen LogP contribution in [0.4, 0.5) is 4.39 Å². The van der Waals surface area contributed by atoms with Crippen molar-refractivity contribution in [1.29, 1.82) is 0 Å². The van der Waals surface area contributed by atoms with Crippen molar-refractivity contribution in [3.05, 3.63) is 76.7 Å². The number of amides is 2. The van der Waals surface area contributed by atoms with Crippen molar-refractivity contribution in [1.82, 2.24) is 14.8 Å². The van der Waals surface area contributed by atoms with Gasteiger partial charge in [0.15, 0.2) is 0 Å². The highest BCUT2D eigenvalue weighted by Crippen LogP contribution is 2.33. The van der Waals surface area contributed by atoms with Gasteiger partial charge >= 0.3 is 0 Å². The van der Waals surface area contributed by atoms with Crippen LogP contribution >= 0.6 is 0 Å². The van der Waals surface area contributed by atoms with Crippen LogP contribution in [0, 0.1) is 5.82 Å². The molecule has 3 aromatic rings. The highest BCUT2D eigenvalue weighted by Gasteiger charge is 2.39. The number of nitrogens with zero attached hydrogens (tertiary/aromatic N) is 3. The normalized spacial score (nSPS) is 14.7. The average Bonchev–Trinajstić information content (AvgIpc) is 2.97. The molecule has 148 valence electrons. The highest BCUT2D eigenvalue weighted by molar-refractivity contribution is 6.21. The zero-order chi connectivity index (χ0) is 20.7. The molecule has 1 aliphatic heterocycles. The number of imide groups is 1. The number of hydrogen-bond acceptors (Lipinski definition) is 4. The molecule has 0 aliphatic carbocycles. The van der Waals surface area contributed by atoms with Crippen LogP contribution in [0.3, 0.4) is 0 Å². The first-order valence-corrected chi connectivity index (χ1v) is 9.65. The van der Waals surface area contributed by atoms with Crippen LogP contribution in [0.1, 0.15) is 51.9 Å². The van der Waals surface area contributed by atoms with Gasteiger partial charge in [-0.25, -0.2) is 4.39 Å². The Kier molecular flexibility index (Phi) is 4.88. The van der Waals surface area contributed by atoms with E-state index in [0.717, 1.165) is 23.2 Å². The second kappa shape index (κ2) is 7.37. The van der Waals surface area contributed by atoms with E-state index in [4.69, 9.17) is 0 Å². The zero-order valence-corrected chi connectivity index (χ0v) is 16.6. The van der Waals surface area contributed by atoms with Gasteiger partial charge in [-0.3, -0.25) is 19.5 Å². The van der Waals surface area contributed by atoms with Gasteiger partial charge in [-0.15, -0.1) is 0 Å². The summed E-state index contributed by atoms with van der Waals surface area (Å²) in [4.78, 5) is 33.9. The van der Waals surface area contributed by atoms with Gasteiger partial charge in [0.25, 0.3) is 11.8 Å². The molecule has 0 radical (unpaired) electrons. The van der Waals surface area contributed by atoms with E-state index in [2.05, 4.69) is 9.88 Å². The minimum absolute atomic E-state index is 0.299. The summed E-state index contributed by atoms with van der Waals surface area (Å²) in [6, 6.07) is 12.7. The summed E-state index contributed by atoms with van der Waals surface area (Å²) in [5, 5.41) is 0.771. The molecule has 0 saturated carbocycles. The monoisotopic (exact) mass is 391 g/mol. The molecule has 0 fully saturated rings. The number of rotatable bonds is 5. The van der Waals surface area contributed by atoms with Gasteiger partial charge in [-0.05, 0) is 56.4 Å². The first-order valence-electron chi connectivity index (χ1n) is 9.65. The van der Waals surface area contributed by atoms with Crippen molar-refractivity contribution in [2.75, 3.05) is 13.6 Å². The van der Waals surface area contributed by atoms with Gasteiger partial charge in [0, 0.05) is 18.0 Å². The smallest absolute Gasteiger partial charge is 0.262 e. The molecular weight excluding hydrogens is 369 g/mol. The van der Waals surface area contributed by atoms with Crippen LogP contribution in [0.2, 0.25) is 0 Å². The summed E-state index contributed by atoms with van der Waals surface area (Å²) < 4.78 is 13.7. The number of carbonyl (C=O) groups excluding carboxylic acids is 2. The Hall–Kier alpha value is -3.12. The fourth-order valence-electron chi connectivity index (χ4n) is 3.75. The van der Waals surface area contributed by atoms with Gasteiger partial charge in [0.2, 0.25) is 0 Å². The fourth-order valence-corrected chi connectivity index (χ4v) is 3.75. The number of aromatic nitrogens is 1. The lowest BCUT2D eigenvalue weighted by Crippen LogP contribution is -2.33. The van der Waals surface area contributed by atoms with E-state index < -0.39 is 6.04 Å². The Morgan fingerprint density at radius 1 is 1.07 bits per heavy atom. The van der Waals surface area contributed by atoms with Crippen LogP contribution < -0.4 is 0 Å². The molecule has 6 heteroatoms. The molecule has 1 aromatic heterocycles. The third-order valence-corrected chi connectivity index (χ3v) is 5.51. The van der Waals surface area contributed by atoms with Crippen molar-refractivity contribution in [2.45, 2.75) is 26.4 Å². The third-order valence-electron chi connectivity index (χ3n) is 5.51. The number of fused-ring (bicyclic) bond motifs is 2. The van der Waals surface area contributed by atoms with Crippen molar-refractivity contribution >= 4 is 22.7 Å². The molecule has 2 heterocycles. The lowest BCUT2D eigenvalue weighted by molar-refractivity contribution is 0.0594. The van der Waals surface area contributed by atoms with E-state index in [9.17, 15) is 14.0 Å². The maximum atomic E-state index is 13.7. The summed E-state index contributed by atoms with van der Waals surface area (Å²) in [5.74, 6) is -0.944. The molecule has 0 bridgehead atoms. The van der Waals surface area contributed by atoms with E-state index in [1.54, 1.807) is 30.3 Å². The predicted octanol–water partition coefficient (Wildman–Crippen LogP) is 4.18. The summed E-state index contributed by atoms with van der Waals surface area (Å²) in [7, 11) is 1.97. The summed E-state index contributed by atoms with van der Waals surface area (Å²) in [6.07, 6.45) is 0. The molecule has 2 aromatic carbocycles. The molecule has 1 aliphatic rings. The zero-order valence-electron chi connectivity index (χ0n) is 16.6. The van der Waals surface area contributed by atoms with Gasteiger partial charge in [-0.1, -0.05) is 19.1 Å². The summed E-state index contributed by atoms with van der Waals surface area (Å²) in [6.45, 7) is 5.22. The Labute approximate surface area is 168 Å². The Bertz CT molecular complexity index is 1090. The molecule has 29 heavy (non-hydrogen) atoms. The minimum Gasteiger partial charge on any atom is -0.301 e. The third kappa shape index (κ3) is 3.29. The lowest BCUT2D eigenvalue weighted by atomic mass is 10.0. The average molecular weight is 391 g/mol. The van der Waals surface area contributed by atoms with Crippen LogP contribution in [0.15, 0.2) is 48.5 Å². The fraction of sp³-hybridized carbons (Fsp3) is 0.261. The largest absolute Gasteiger partial charge is 0.301 e. The topological polar surface area (TPSA) is 53.5 Å². The summed E-state index contributed by atoms with van der Waals surface area (Å²) >= 11 is 0. The van der Waals surface area contributed by atoms with E-state index >= 15 is 0 Å². The number of hydrogen-bond donors (Lipinski definition) is 0. The van der Waals surface area contributed by atoms with E-state index in [-0.39, 0.29) is 17.6 Å². The minimum atomic E-state index is -0.496. The maximum Gasteiger partial charge on any atom is 0.262 e. The molecule has 0 N–H and O–H groups in total. The number of carbonyl (C=O) groups is 2. The number of halogens is 1. The second-order valence-electron chi connectivity index (χ2n) is 7.39. The quantitative estimate of drug-likeness (QED) is 0.612. The van der Waals surface area contributed by atoms with E-state index in [1.807, 2.05) is 27.0 Å². The first kappa shape index (κ1) is 19.2. The van der Waals surface area contributed by atoms with Crippen molar-refractivity contribution in [3.63, 3.8) is 0 Å².